The highest BCUT2D eigenvalue weighted by Crippen LogP contribution is 2.36. The van der Waals surface area contributed by atoms with Gasteiger partial charge in [0.05, 0.1) is 22.9 Å². The van der Waals surface area contributed by atoms with Crippen LogP contribution in [-0.2, 0) is 17.9 Å². The van der Waals surface area contributed by atoms with Crippen LogP contribution in [0.3, 0.4) is 0 Å². The smallest absolute Gasteiger partial charge is 0.404 e. The molecular weight excluding hydrogens is 406 g/mol. The van der Waals surface area contributed by atoms with Crippen LogP contribution in [0.15, 0.2) is 58.6 Å². The lowest BCUT2D eigenvalue weighted by molar-refractivity contribution is -0.385. The number of hydrogen-bond donors (Lipinski definition) is 1. The Hall–Kier alpha value is -3.40. The molecular formula is C20H21N5O4S. The lowest BCUT2D eigenvalue weighted by Crippen LogP contribution is -2.16. The second-order valence-corrected chi connectivity index (χ2v) is 7.81. The highest BCUT2D eigenvalue weighted by atomic mass is 32.2. The van der Waals surface area contributed by atoms with Crippen LogP contribution in [0.4, 0.5) is 10.5 Å². The van der Waals surface area contributed by atoms with E-state index >= 15 is 0 Å². The lowest BCUT2D eigenvalue weighted by Gasteiger charge is -2.13. The highest BCUT2D eigenvalue weighted by molar-refractivity contribution is 7.99. The van der Waals surface area contributed by atoms with E-state index in [1.165, 1.54) is 23.9 Å². The Bertz CT molecular complexity index is 1050. The average molecular weight is 427 g/mol. The summed E-state index contributed by atoms with van der Waals surface area (Å²) in [6.45, 7) is 4.32. The van der Waals surface area contributed by atoms with Gasteiger partial charge in [0.2, 0.25) is 0 Å². The van der Waals surface area contributed by atoms with E-state index in [2.05, 4.69) is 9.97 Å². The molecule has 0 unspecified atom stereocenters. The van der Waals surface area contributed by atoms with Crippen molar-refractivity contribution in [2.24, 2.45) is 5.73 Å². The van der Waals surface area contributed by atoms with Crippen LogP contribution in [0.25, 0.3) is 0 Å². The van der Waals surface area contributed by atoms with E-state index < -0.39 is 11.0 Å². The molecule has 0 spiro atoms. The van der Waals surface area contributed by atoms with Gasteiger partial charge in [-0.1, -0.05) is 37.7 Å². The maximum atomic E-state index is 11.2. The number of primary amides is 1. The molecule has 10 heteroatoms. The summed E-state index contributed by atoms with van der Waals surface area (Å²) in [6.07, 6.45) is 0.809. The first-order valence-corrected chi connectivity index (χ1v) is 10.0. The number of nitrogens with two attached hydrogens (primary N) is 1. The highest BCUT2D eigenvalue weighted by Gasteiger charge is 2.22. The van der Waals surface area contributed by atoms with Gasteiger partial charge in [0.15, 0.2) is 6.61 Å². The fourth-order valence-electron chi connectivity index (χ4n) is 2.82. The molecule has 0 aliphatic heterocycles. The number of amides is 1. The van der Waals surface area contributed by atoms with E-state index in [0.717, 1.165) is 16.4 Å². The molecule has 2 heterocycles. The number of nitrogens with zero attached hydrogens (tertiary/aromatic N) is 4. The molecule has 0 saturated carbocycles. The summed E-state index contributed by atoms with van der Waals surface area (Å²) in [4.78, 5) is 31.6. The summed E-state index contributed by atoms with van der Waals surface area (Å²) in [7, 11) is 0. The van der Waals surface area contributed by atoms with Crippen LogP contribution in [0, 0.1) is 10.1 Å². The number of ether oxygens (including phenoxy) is 1. The first-order chi connectivity index (χ1) is 14.3. The fourth-order valence-corrected chi connectivity index (χ4v) is 4.04. The van der Waals surface area contributed by atoms with E-state index in [1.54, 1.807) is 18.3 Å². The third kappa shape index (κ3) is 5.15. The van der Waals surface area contributed by atoms with Gasteiger partial charge >= 0.3 is 6.09 Å². The van der Waals surface area contributed by atoms with Crippen LogP contribution < -0.4 is 5.73 Å². The molecule has 3 rings (SSSR count). The maximum Gasteiger partial charge on any atom is 0.404 e. The van der Waals surface area contributed by atoms with Gasteiger partial charge in [0.1, 0.15) is 10.9 Å². The van der Waals surface area contributed by atoms with Crippen molar-refractivity contribution in [2.45, 2.75) is 42.8 Å². The van der Waals surface area contributed by atoms with E-state index in [1.807, 2.05) is 36.6 Å². The molecule has 156 valence electrons. The van der Waals surface area contributed by atoms with E-state index in [-0.39, 0.29) is 18.2 Å². The van der Waals surface area contributed by atoms with Gasteiger partial charge in [-0.25, -0.2) is 9.78 Å². The number of benzene rings is 1. The number of non-ortho nitro benzene ring substituents is 1. The van der Waals surface area contributed by atoms with Crippen LogP contribution in [0.2, 0.25) is 0 Å². The van der Waals surface area contributed by atoms with Crippen LogP contribution in [0.1, 0.15) is 37.0 Å². The number of rotatable bonds is 8. The third-order valence-corrected chi connectivity index (χ3v) is 5.32. The van der Waals surface area contributed by atoms with Gasteiger partial charge in [-0.05, 0) is 24.1 Å². The molecule has 3 aromatic rings. The second-order valence-electron chi connectivity index (χ2n) is 6.74. The molecule has 0 atom stereocenters. The van der Waals surface area contributed by atoms with Gasteiger partial charge in [0.25, 0.3) is 5.69 Å². The largest absolute Gasteiger partial charge is 0.442 e. The summed E-state index contributed by atoms with van der Waals surface area (Å²) in [5.41, 5.74) is 6.74. The number of nitro groups is 1. The zero-order valence-electron chi connectivity index (χ0n) is 16.5. The maximum absolute atomic E-state index is 11.2. The fraction of sp³-hybridized carbons (Fsp3) is 0.250. The summed E-state index contributed by atoms with van der Waals surface area (Å²) in [5.74, 6) is 0.597. The Morgan fingerprint density at radius 2 is 2.10 bits per heavy atom. The molecule has 1 amide bonds. The number of carbonyl (C=O) groups is 1. The van der Waals surface area contributed by atoms with Gasteiger partial charge in [-0.3, -0.25) is 15.1 Å². The number of carbonyl (C=O) groups excluding carboxylic acids is 1. The average Bonchev–Trinajstić information content (AvgIpc) is 3.05. The Kier molecular flexibility index (Phi) is 6.68. The molecule has 0 aliphatic carbocycles. The Balaban J connectivity index is 2.06. The normalized spacial score (nSPS) is 10.9. The molecule has 2 N–H and O–H groups in total. The standard InChI is InChI=1S/C20H21N5O4S/c1-13(2)18-19(30-16-8-5-7-15(10-16)25(27)28)24(11-14-6-3-4-9-22-14)17(23-18)12-29-20(21)26/h3-10,13H,11-12H2,1-2H3,(H2,21,26). The molecule has 9 nitrogen and oxygen atoms in total. The van der Waals surface area contributed by atoms with Gasteiger partial charge < -0.3 is 15.0 Å². The van der Waals surface area contributed by atoms with Crippen molar-refractivity contribution in [3.8, 4) is 0 Å². The van der Waals surface area contributed by atoms with Crippen LogP contribution in [-0.4, -0.2) is 25.6 Å². The summed E-state index contributed by atoms with van der Waals surface area (Å²) in [6, 6.07) is 12.0. The Morgan fingerprint density at radius 3 is 2.73 bits per heavy atom. The van der Waals surface area contributed by atoms with E-state index in [9.17, 15) is 14.9 Å². The molecule has 0 aliphatic rings. The molecule has 30 heavy (non-hydrogen) atoms. The SMILES string of the molecule is CC(C)c1nc(COC(N)=O)n(Cc2ccccn2)c1Sc1cccc([N+](=O)[O-])c1. The van der Waals surface area contributed by atoms with E-state index in [4.69, 9.17) is 10.5 Å². The minimum absolute atomic E-state index is 0.0131. The number of nitro benzene ring substituents is 1. The Morgan fingerprint density at radius 1 is 1.30 bits per heavy atom. The molecule has 0 radical (unpaired) electrons. The lowest BCUT2D eigenvalue weighted by atomic mass is 10.1. The van der Waals surface area contributed by atoms with Gasteiger partial charge in [-0.15, -0.1) is 0 Å². The van der Waals surface area contributed by atoms with Crippen molar-refractivity contribution in [1.29, 1.82) is 0 Å². The third-order valence-electron chi connectivity index (χ3n) is 4.20. The quantitative estimate of drug-likeness (QED) is 0.423. The van der Waals surface area contributed by atoms with Gasteiger partial charge in [-0.2, -0.15) is 0 Å². The molecule has 0 saturated heterocycles. The van der Waals surface area contributed by atoms with Crippen molar-refractivity contribution in [2.75, 3.05) is 0 Å². The summed E-state index contributed by atoms with van der Waals surface area (Å²) >= 11 is 1.37. The number of hydrogen-bond acceptors (Lipinski definition) is 7. The number of aromatic nitrogens is 3. The van der Waals surface area contributed by atoms with E-state index in [0.29, 0.717) is 17.3 Å². The number of imidazole rings is 1. The molecule has 0 fully saturated rings. The van der Waals surface area contributed by atoms with Crippen LogP contribution >= 0.6 is 11.8 Å². The summed E-state index contributed by atoms with van der Waals surface area (Å²) in [5, 5.41) is 12.0. The van der Waals surface area contributed by atoms with Crippen molar-refractivity contribution in [3.63, 3.8) is 0 Å². The molecule has 0 bridgehead atoms. The first-order valence-electron chi connectivity index (χ1n) is 9.19. The van der Waals surface area contributed by atoms with Crippen LogP contribution in [0.5, 0.6) is 0 Å². The molecule has 1 aromatic carbocycles. The van der Waals surface area contributed by atoms with Crippen molar-refractivity contribution >= 4 is 23.5 Å². The molecule has 2 aromatic heterocycles. The topological polar surface area (TPSA) is 126 Å². The Labute approximate surface area is 177 Å². The van der Waals surface area contributed by atoms with Crippen molar-refractivity contribution in [3.05, 3.63) is 76.0 Å². The predicted molar refractivity (Wildman–Crippen MR) is 111 cm³/mol. The van der Waals surface area contributed by atoms with Crippen molar-refractivity contribution in [1.82, 2.24) is 14.5 Å². The zero-order chi connectivity index (χ0) is 21.7. The van der Waals surface area contributed by atoms with Crippen molar-refractivity contribution < 1.29 is 14.5 Å². The second kappa shape index (κ2) is 9.40. The minimum atomic E-state index is -0.888. The minimum Gasteiger partial charge on any atom is -0.442 e. The predicted octanol–water partition coefficient (Wildman–Crippen LogP) is 4.10. The van der Waals surface area contributed by atoms with Gasteiger partial charge in [0, 0.05) is 23.2 Å². The monoisotopic (exact) mass is 427 g/mol. The zero-order valence-corrected chi connectivity index (χ0v) is 17.3. The number of pyridine rings is 1. The summed E-state index contributed by atoms with van der Waals surface area (Å²) < 4.78 is 6.90. The first kappa shape index (κ1) is 21.3.